The van der Waals surface area contributed by atoms with E-state index in [0.29, 0.717) is 26.1 Å². The molecule has 7 nitrogen and oxygen atoms in total. The van der Waals surface area contributed by atoms with Crippen LogP contribution in [0.2, 0.25) is 0 Å². The van der Waals surface area contributed by atoms with Crippen LogP contribution >= 0.6 is 0 Å². The number of amides is 2. The summed E-state index contributed by atoms with van der Waals surface area (Å²) in [5.74, 6) is -1.75. The van der Waals surface area contributed by atoms with Gasteiger partial charge in [-0.1, -0.05) is 30.3 Å². The summed E-state index contributed by atoms with van der Waals surface area (Å²) >= 11 is 0. The molecule has 2 unspecified atom stereocenters. The van der Waals surface area contributed by atoms with Crippen molar-refractivity contribution in [1.29, 1.82) is 0 Å². The fourth-order valence-corrected chi connectivity index (χ4v) is 3.45. The van der Waals surface area contributed by atoms with Gasteiger partial charge in [-0.05, 0) is 12.0 Å². The fraction of sp³-hybridized carbons (Fsp3) is 0.500. The van der Waals surface area contributed by atoms with E-state index in [2.05, 4.69) is 5.32 Å². The van der Waals surface area contributed by atoms with Crippen molar-refractivity contribution in [3.63, 3.8) is 0 Å². The lowest BCUT2D eigenvalue weighted by Crippen LogP contribution is -2.52. The quantitative estimate of drug-likeness (QED) is 0.794. The van der Waals surface area contributed by atoms with Crippen LogP contribution in [0.25, 0.3) is 0 Å². The van der Waals surface area contributed by atoms with Gasteiger partial charge in [0.1, 0.15) is 0 Å². The summed E-state index contributed by atoms with van der Waals surface area (Å²) in [5.41, 5.74) is 0.155. The number of carboxylic acids is 1. The number of carbonyl (C=O) groups excluding carboxylic acids is 2. The Kier molecular flexibility index (Phi) is 5.03. The Morgan fingerprint density at radius 2 is 2.08 bits per heavy atom. The van der Waals surface area contributed by atoms with Crippen molar-refractivity contribution in [3.05, 3.63) is 35.9 Å². The molecular formula is C18H22N2O5. The second-order valence-electron chi connectivity index (χ2n) is 6.80. The van der Waals surface area contributed by atoms with Crippen molar-refractivity contribution in [3.8, 4) is 0 Å². The monoisotopic (exact) mass is 346 g/mol. The van der Waals surface area contributed by atoms with E-state index in [1.807, 2.05) is 30.3 Å². The first kappa shape index (κ1) is 17.4. The summed E-state index contributed by atoms with van der Waals surface area (Å²) in [4.78, 5) is 37.6. The lowest BCUT2D eigenvalue weighted by atomic mass is 9.93. The number of rotatable bonds is 6. The zero-order valence-corrected chi connectivity index (χ0v) is 13.9. The molecule has 0 radical (unpaired) electrons. The fourth-order valence-electron chi connectivity index (χ4n) is 3.45. The lowest BCUT2D eigenvalue weighted by Gasteiger charge is -2.28. The number of hydrogen-bond acceptors (Lipinski definition) is 4. The first-order chi connectivity index (χ1) is 12.0. The number of carboxylic acid groups (broad SMARTS) is 1. The van der Waals surface area contributed by atoms with Gasteiger partial charge in [-0.25, -0.2) is 0 Å². The van der Waals surface area contributed by atoms with E-state index in [1.165, 1.54) is 0 Å². The van der Waals surface area contributed by atoms with Crippen LogP contribution in [0.5, 0.6) is 0 Å². The average molecular weight is 346 g/mol. The van der Waals surface area contributed by atoms with Gasteiger partial charge in [0.2, 0.25) is 11.8 Å². The molecule has 3 rings (SSSR count). The molecule has 25 heavy (non-hydrogen) atoms. The van der Waals surface area contributed by atoms with Gasteiger partial charge in [0.05, 0.1) is 24.5 Å². The van der Waals surface area contributed by atoms with Crippen LogP contribution in [0.4, 0.5) is 0 Å². The summed E-state index contributed by atoms with van der Waals surface area (Å²) < 4.78 is 5.29. The smallest absolute Gasteiger partial charge is 0.305 e. The van der Waals surface area contributed by atoms with Crippen LogP contribution in [-0.2, 0) is 25.7 Å². The van der Waals surface area contributed by atoms with Crippen LogP contribution in [0, 0.1) is 5.92 Å². The molecule has 2 amide bonds. The molecule has 134 valence electrons. The standard InChI is InChI=1S/C18H22N2O5/c21-15-8-14(11-20(15)10-13-4-2-1-3-5-13)17(24)19-18(9-16(22)23)6-7-25-12-18/h1-5,14H,6-12H2,(H,19,24)(H,22,23). The topological polar surface area (TPSA) is 95.9 Å². The number of likely N-dealkylation sites (tertiary alicyclic amines) is 1. The minimum atomic E-state index is -0.973. The van der Waals surface area contributed by atoms with Gasteiger partial charge in [0, 0.05) is 26.1 Å². The van der Waals surface area contributed by atoms with Crippen LogP contribution in [-0.4, -0.2) is 53.1 Å². The van der Waals surface area contributed by atoms with Crippen molar-refractivity contribution in [2.75, 3.05) is 19.8 Å². The third-order valence-electron chi connectivity index (χ3n) is 4.78. The van der Waals surface area contributed by atoms with Crippen LogP contribution < -0.4 is 5.32 Å². The van der Waals surface area contributed by atoms with Crippen LogP contribution in [0.3, 0.4) is 0 Å². The molecule has 0 bridgehead atoms. The molecule has 2 N–H and O–H groups in total. The maximum absolute atomic E-state index is 12.6. The van der Waals surface area contributed by atoms with E-state index in [1.54, 1.807) is 4.90 Å². The number of aliphatic carboxylic acids is 1. The van der Waals surface area contributed by atoms with Gasteiger partial charge in [-0.3, -0.25) is 14.4 Å². The highest BCUT2D eigenvalue weighted by Gasteiger charge is 2.42. The minimum Gasteiger partial charge on any atom is -0.481 e. The third-order valence-corrected chi connectivity index (χ3v) is 4.78. The molecule has 1 aromatic rings. The number of carbonyl (C=O) groups is 3. The van der Waals surface area contributed by atoms with Crippen molar-refractivity contribution in [2.45, 2.75) is 31.3 Å². The molecular weight excluding hydrogens is 324 g/mol. The largest absolute Gasteiger partial charge is 0.481 e. The van der Waals surface area contributed by atoms with Crippen molar-refractivity contribution < 1.29 is 24.2 Å². The van der Waals surface area contributed by atoms with E-state index >= 15 is 0 Å². The summed E-state index contributed by atoms with van der Waals surface area (Å²) in [6, 6.07) is 9.62. The van der Waals surface area contributed by atoms with Gasteiger partial charge >= 0.3 is 5.97 Å². The molecule has 0 aromatic heterocycles. The van der Waals surface area contributed by atoms with Gasteiger partial charge < -0.3 is 20.1 Å². The molecule has 7 heteroatoms. The summed E-state index contributed by atoms with van der Waals surface area (Å²) in [6.07, 6.45) is 0.454. The highest BCUT2D eigenvalue weighted by molar-refractivity contribution is 5.89. The second kappa shape index (κ2) is 7.23. The molecule has 2 fully saturated rings. The zero-order chi connectivity index (χ0) is 17.9. The number of hydrogen-bond donors (Lipinski definition) is 2. The van der Waals surface area contributed by atoms with E-state index in [-0.39, 0.29) is 31.3 Å². The van der Waals surface area contributed by atoms with Crippen molar-refractivity contribution in [1.82, 2.24) is 10.2 Å². The first-order valence-electron chi connectivity index (χ1n) is 8.41. The van der Waals surface area contributed by atoms with Crippen molar-refractivity contribution in [2.24, 2.45) is 5.92 Å². The SMILES string of the molecule is O=C(O)CC1(NC(=O)C2CC(=O)N(Cc3ccccc3)C2)CCOC1. The van der Waals surface area contributed by atoms with Gasteiger partial charge in [-0.15, -0.1) is 0 Å². The Balaban J connectivity index is 1.61. The summed E-state index contributed by atoms with van der Waals surface area (Å²) in [6.45, 7) is 1.45. The second-order valence-corrected chi connectivity index (χ2v) is 6.80. The highest BCUT2D eigenvalue weighted by atomic mass is 16.5. The van der Waals surface area contributed by atoms with Crippen molar-refractivity contribution >= 4 is 17.8 Å². The maximum atomic E-state index is 12.6. The van der Waals surface area contributed by atoms with E-state index < -0.39 is 17.4 Å². The Labute approximate surface area is 146 Å². The van der Waals surface area contributed by atoms with Gasteiger partial charge in [0.25, 0.3) is 0 Å². The Morgan fingerprint density at radius 1 is 1.32 bits per heavy atom. The molecule has 0 saturated carbocycles. The number of nitrogens with zero attached hydrogens (tertiary/aromatic N) is 1. The Morgan fingerprint density at radius 3 is 2.72 bits per heavy atom. The third kappa shape index (κ3) is 4.17. The predicted octanol–water partition coefficient (Wildman–Crippen LogP) is 0.785. The summed E-state index contributed by atoms with van der Waals surface area (Å²) in [5, 5.41) is 11.9. The highest BCUT2D eigenvalue weighted by Crippen LogP contribution is 2.26. The molecule has 1 aromatic carbocycles. The Bertz CT molecular complexity index is 655. The molecule has 2 aliphatic rings. The Hall–Kier alpha value is -2.41. The average Bonchev–Trinajstić information content (AvgIpc) is 3.15. The molecule has 2 saturated heterocycles. The summed E-state index contributed by atoms with van der Waals surface area (Å²) in [7, 11) is 0. The van der Waals surface area contributed by atoms with E-state index in [0.717, 1.165) is 5.56 Å². The molecule has 2 heterocycles. The van der Waals surface area contributed by atoms with Gasteiger partial charge in [0.15, 0.2) is 0 Å². The molecule has 2 aliphatic heterocycles. The molecule has 2 atom stereocenters. The zero-order valence-electron chi connectivity index (χ0n) is 13.9. The number of ether oxygens (including phenoxy) is 1. The lowest BCUT2D eigenvalue weighted by molar-refractivity contribution is -0.139. The number of benzene rings is 1. The molecule has 0 spiro atoms. The minimum absolute atomic E-state index is 0.0565. The van der Waals surface area contributed by atoms with E-state index in [9.17, 15) is 14.4 Å². The van der Waals surface area contributed by atoms with Crippen LogP contribution in [0.1, 0.15) is 24.8 Å². The maximum Gasteiger partial charge on any atom is 0.305 e. The van der Waals surface area contributed by atoms with Crippen LogP contribution in [0.15, 0.2) is 30.3 Å². The number of nitrogens with one attached hydrogen (secondary N) is 1. The van der Waals surface area contributed by atoms with Gasteiger partial charge in [-0.2, -0.15) is 0 Å². The normalized spacial score (nSPS) is 26.0. The molecule has 0 aliphatic carbocycles. The predicted molar refractivity (Wildman–Crippen MR) is 88.5 cm³/mol. The first-order valence-corrected chi connectivity index (χ1v) is 8.41. The van der Waals surface area contributed by atoms with E-state index in [4.69, 9.17) is 9.84 Å².